The molecular formula is C76H60. The fourth-order valence-electron chi connectivity index (χ4n) is 14.0. The average molecular weight is 973 g/mol. The van der Waals surface area contributed by atoms with E-state index in [-0.39, 0.29) is 16.7 Å². The minimum atomic E-state index is -0.601. The van der Waals surface area contributed by atoms with Crippen LogP contribution >= 0.6 is 0 Å². The summed E-state index contributed by atoms with van der Waals surface area (Å²) in [4.78, 5) is 0. The summed E-state index contributed by atoms with van der Waals surface area (Å²) in [7, 11) is 0. The fraction of sp³-hybridized carbons (Fsp3) is 0.132. The van der Waals surface area contributed by atoms with Crippen molar-refractivity contribution in [3.05, 3.63) is 322 Å². The molecule has 0 heteroatoms. The summed E-state index contributed by atoms with van der Waals surface area (Å²) in [5.74, 6) is 0.151. The Hall–Kier alpha value is -8.58. The van der Waals surface area contributed by atoms with Gasteiger partial charge in [0.15, 0.2) is 0 Å². The topological polar surface area (TPSA) is 0 Å². The third-order valence-electron chi connectivity index (χ3n) is 17.9. The van der Waals surface area contributed by atoms with Crippen molar-refractivity contribution in [1.29, 1.82) is 0 Å². The zero-order chi connectivity index (χ0) is 51.2. The fourth-order valence-corrected chi connectivity index (χ4v) is 14.0. The minimum absolute atomic E-state index is 0.103. The zero-order valence-corrected chi connectivity index (χ0v) is 43.8. The van der Waals surface area contributed by atoms with Crippen LogP contribution in [0.1, 0.15) is 101 Å². The molecule has 11 aromatic rings. The van der Waals surface area contributed by atoms with Gasteiger partial charge in [-0.1, -0.05) is 282 Å². The third kappa shape index (κ3) is 7.11. The lowest BCUT2D eigenvalue weighted by Crippen LogP contribution is -2.28. The average Bonchev–Trinajstić information content (AvgIpc) is 4.21. The maximum Gasteiger partial charge on any atom is 0.0713 e. The number of rotatable bonds is 10. The minimum Gasteiger partial charge on any atom is -0.0622 e. The first kappa shape index (κ1) is 46.0. The van der Waals surface area contributed by atoms with E-state index < -0.39 is 5.41 Å². The van der Waals surface area contributed by atoms with E-state index in [9.17, 15) is 0 Å². The highest BCUT2D eigenvalue weighted by molar-refractivity contribution is 5.97. The van der Waals surface area contributed by atoms with Crippen molar-refractivity contribution in [2.75, 3.05) is 0 Å². The summed E-state index contributed by atoms with van der Waals surface area (Å²) >= 11 is 0. The van der Waals surface area contributed by atoms with Crippen LogP contribution in [0.3, 0.4) is 0 Å². The number of fused-ring (bicyclic) bond motifs is 9. The summed E-state index contributed by atoms with van der Waals surface area (Å²) in [6.45, 7) is 9.65. The normalized spacial score (nSPS) is 15.9. The lowest BCUT2D eigenvalue weighted by molar-refractivity contribution is 0.649. The molecule has 0 nitrogen and oxygen atoms in total. The summed E-state index contributed by atoms with van der Waals surface area (Å²) in [5.41, 5.74) is 29.6. The van der Waals surface area contributed by atoms with Gasteiger partial charge < -0.3 is 0 Å². The van der Waals surface area contributed by atoms with E-state index in [1.54, 1.807) is 0 Å². The van der Waals surface area contributed by atoms with Gasteiger partial charge in [-0.25, -0.2) is 0 Å². The van der Waals surface area contributed by atoms with Gasteiger partial charge in [-0.15, -0.1) is 0 Å². The van der Waals surface area contributed by atoms with Gasteiger partial charge in [0.1, 0.15) is 0 Å². The van der Waals surface area contributed by atoms with Crippen LogP contribution in [0.5, 0.6) is 0 Å². The van der Waals surface area contributed by atoms with Gasteiger partial charge in [0.05, 0.1) is 5.41 Å². The van der Waals surface area contributed by atoms with Crippen molar-refractivity contribution >= 4 is 0 Å². The quantitative estimate of drug-likeness (QED) is 0.128. The first-order valence-electron chi connectivity index (χ1n) is 27.3. The molecule has 0 fully saturated rings. The van der Waals surface area contributed by atoms with Crippen LogP contribution in [0.4, 0.5) is 0 Å². The Morgan fingerprint density at radius 2 is 0.737 bits per heavy atom. The second kappa shape index (κ2) is 17.8. The second-order valence-electron chi connectivity index (χ2n) is 22.7. The lowest BCUT2D eigenvalue weighted by atomic mass is 9.67. The van der Waals surface area contributed by atoms with Gasteiger partial charge in [-0.05, 0) is 147 Å². The first-order valence-corrected chi connectivity index (χ1v) is 27.3. The van der Waals surface area contributed by atoms with Crippen LogP contribution in [-0.4, -0.2) is 0 Å². The van der Waals surface area contributed by atoms with Gasteiger partial charge in [0, 0.05) is 16.7 Å². The standard InChI is InChI=1S/C76H60/c1-74(2)67-31-19-17-29-61(67)63-42-36-56(48-70(63)74)60(57-37-43-64-62-30-18-20-32-68(62)75(3,4)71(64)49-57)41-33-50-45-65(54-25-13-7-14-26-54)73-66-47-55(52-23-11-6-12-24-52)38-44-69(66)76(72(73)46-50,58-27-15-8-16-28-58)59-39-34-53(35-40-59)51-21-9-5-10-22-51/h5-32,34-40,42-49,60H,33,41H2,1-4H3. The van der Waals surface area contributed by atoms with Crippen LogP contribution in [0.15, 0.2) is 261 Å². The maximum absolute atomic E-state index is 2.62. The maximum atomic E-state index is 2.62. The molecule has 0 aromatic heterocycles. The van der Waals surface area contributed by atoms with Crippen LogP contribution in [-0.2, 0) is 22.7 Å². The zero-order valence-electron chi connectivity index (χ0n) is 43.8. The van der Waals surface area contributed by atoms with Crippen LogP contribution in [0, 0.1) is 0 Å². The van der Waals surface area contributed by atoms with E-state index in [0.717, 1.165) is 12.8 Å². The van der Waals surface area contributed by atoms with Gasteiger partial charge in [0.2, 0.25) is 0 Å². The molecule has 3 aliphatic carbocycles. The summed E-state index contributed by atoms with van der Waals surface area (Å²) < 4.78 is 0. The van der Waals surface area contributed by atoms with Crippen molar-refractivity contribution in [2.45, 2.75) is 62.7 Å². The predicted molar refractivity (Wildman–Crippen MR) is 318 cm³/mol. The molecule has 11 aromatic carbocycles. The highest BCUT2D eigenvalue weighted by Gasteiger charge is 2.48. The van der Waals surface area contributed by atoms with Crippen LogP contribution < -0.4 is 0 Å². The largest absolute Gasteiger partial charge is 0.0713 e. The SMILES string of the molecule is CC1(C)c2ccccc2-c2ccc(C(CCc3cc(-c4ccccc4)c4c(c3)C(c3ccccc3)(c3ccc(-c5ccccc5)cc3)c3ccc(-c5ccccc5)cc3-4)c3ccc4c(c3)C(C)(C)c3ccccc3-4)cc21. The predicted octanol–water partition coefficient (Wildman–Crippen LogP) is 19.4. The molecule has 1 unspecified atom stereocenters. The summed E-state index contributed by atoms with van der Waals surface area (Å²) in [5, 5.41) is 0. The number of aryl methyl sites for hydroxylation is 1. The molecule has 76 heavy (non-hydrogen) atoms. The number of hydrogen-bond acceptors (Lipinski definition) is 0. The molecular weight excluding hydrogens is 913 g/mol. The van der Waals surface area contributed by atoms with Crippen molar-refractivity contribution in [3.63, 3.8) is 0 Å². The van der Waals surface area contributed by atoms with Gasteiger partial charge in [-0.3, -0.25) is 0 Å². The van der Waals surface area contributed by atoms with Gasteiger partial charge in [-0.2, -0.15) is 0 Å². The molecule has 0 saturated carbocycles. The molecule has 0 N–H and O–H groups in total. The summed E-state index contributed by atoms with van der Waals surface area (Å²) in [6.07, 6.45) is 1.84. The molecule has 14 rings (SSSR count). The number of hydrogen-bond donors (Lipinski definition) is 0. The Morgan fingerprint density at radius 1 is 0.289 bits per heavy atom. The van der Waals surface area contributed by atoms with Crippen LogP contribution in [0.2, 0.25) is 0 Å². The lowest BCUT2D eigenvalue weighted by Gasteiger charge is -2.34. The van der Waals surface area contributed by atoms with Gasteiger partial charge >= 0.3 is 0 Å². The highest BCUT2D eigenvalue weighted by atomic mass is 14.5. The van der Waals surface area contributed by atoms with Crippen molar-refractivity contribution in [2.24, 2.45) is 0 Å². The smallest absolute Gasteiger partial charge is 0.0622 e. The second-order valence-corrected chi connectivity index (χ2v) is 22.7. The molecule has 364 valence electrons. The van der Waals surface area contributed by atoms with E-state index >= 15 is 0 Å². The Bertz CT molecular complexity index is 3900. The van der Waals surface area contributed by atoms with E-state index in [1.807, 2.05) is 0 Å². The molecule has 0 aliphatic heterocycles. The molecule has 0 radical (unpaired) electrons. The first-order chi connectivity index (χ1) is 37.2. The molecule has 0 heterocycles. The molecule has 0 saturated heterocycles. The molecule has 0 amide bonds. The summed E-state index contributed by atoms with van der Waals surface area (Å²) in [6, 6.07) is 99.1. The van der Waals surface area contributed by atoms with Crippen molar-refractivity contribution in [1.82, 2.24) is 0 Å². The van der Waals surface area contributed by atoms with Crippen molar-refractivity contribution in [3.8, 4) is 66.8 Å². The Kier molecular flexibility index (Phi) is 10.8. The monoisotopic (exact) mass is 972 g/mol. The Labute approximate surface area is 449 Å². The van der Waals surface area contributed by atoms with E-state index in [4.69, 9.17) is 0 Å². The number of benzene rings is 11. The molecule has 1 atom stereocenters. The van der Waals surface area contributed by atoms with Crippen molar-refractivity contribution < 1.29 is 0 Å². The molecule has 0 spiro atoms. The highest BCUT2D eigenvalue weighted by Crippen LogP contribution is 2.60. The molecule has 3 aliphatic rings. The van der Waals surface area contributed by atoms with E-state index in [0.29, 0.717) is 0 Å². The Balaban J connectivity index is 0.975. The van der Waals surface area contributed by atoms with Crippen LogP contribution in [0.25, 0.3) is 66.8 Å². The van der Waals surface area contributed by atoms with E-state index in [2.05, 4.69) is 289 Å². The van der Waals surface area contributed by atoms with E-state index in [1.165, 1.54) is 128 Å². The third-order valence-corrected chi connectivity index (χ3v) is 17.9. The molecule has 0 bridgehead atoms. The van der Waals surface area contributed by atoms with Gasteiger partial charge in [0.25, 0.3) is 0 Å². The Morgan fingerprint density at radius 3 is 1.30 bits per heavy atom.